The molecule has 4 nitrogen and oxygen atoms in total. The van der Waals surface area contributed by atoms with Gasteiger partial charge in [0.05, 0.1) is 33.3 Å². The monoisotopic (exact) mass is 400 g/mol. The number of nitrogens with zero attached hydrogens (tertiary/aromatic N) is 2. The molecule has 24 heavy (non-hydrogen) atoms. The van der Waals surface area contributed by atoms with Crippen molar-refractivity contribution in [2.24, 2.45) is 0 Å². The number of carbonyl (C=O) groups is 2. The Balaban J connectivity index is 2.12. The summed E-state index contributed by atoms with van der Waals surface area (Å²) in [5.74, 6) is 0. The van der Waals surface area contributed by atoms with Crippen molar-refractivity contribution in [1.29, 1.82) is 0 Å². The first-order valence-corrected chi connectivity index (χ1v) is 9.64. The van der Waals surface area contributed by atoms with E-state index in [4.69, 9.17) is 23.2 Å². The second-order valence-electron chi connectivity index (χ2n) is 4.88. The molecule has 0 saturated heterocycles. The average Bonchev–Trinajstić information content (AvgIpc) is 2.57. The van der Waals surface area contributed by atoms with Crippen LogP contribution in [0.25, 0.3) is 0 Å². The lowest BCUT2D eigenvalue weighted by molar-refractivity contribution is -0.107. The van der Waals surface area contributed by atoms with Gasteiger partial charge in [-0.15, -0.1) is 0 Å². The van der Waals surface area contributed by atoms with Gasteiger partial charge in [0.15, 0.2) is 0 Å². The number of benzene rings is 2. The van der Waals surface area contributed by atoms with Crippen LogP contribution in [0.4, 0.5) is 11.4 Å². The van der Waals surface area contributed by atoms with Crippen LogP contribution in [0.15, 0.2) is 36.4 Å². The number of carbonyl (C=O) groups excluding carboxylic acids is 2. The fraction of sp³-hybridized carbons (Fsp3) is 0.125. The zero-order valence-electron chi connectivity index (χ0n) is 12.9. The van der Waals surface area contributed by atoms with Crippen LogP contribution in [0, 0.1) is 13.8 Å². The normalized spacial score (nSPS) is 10.3. The molecule has 0 bridgehead atoms. The number of anilines is 2. The third-order valence-electron chi connectivity index (χ3n) is 3.21. The van der Waals surface area contributed by atoms with Gasteiger partial charge in [0.2, 0.25) is 12.8 Å². The Kier molecular flexibility index (Phi) is 6.86. The molecule has 2 amide bonds. The number of halogens is 2. The van der Waals surface area contributed by atoms with Crippen molar-refractivity contribution in [3.63, 3.8) is 0 Å². The van der Waals surface area contributed by atoms with Crippen molar-refractivity contribution >= 4 is 69.4 Å². The molecule has 0 N–H and O–H groups in total. The smallest absolute Gasteiger partial charge is 0.224 e. The van der Waals surface area contributed by atoms with Crippen molar-refractivity contribution in [1.82, 2.24) is 0 Å². The van der Waals surface area contributed by atoms with E-state index in [2.05, 4.69) is 0 Å². The third-order valence-corrected chi connectivity index (χ3v) is 6.16. The molecule has 0 unspecified atom stereocenters. The van der Waals surface area contributed by atoms with E-state index in [9.17, 15) is 9.59 Å². The van der Waals surface area contributed by atoms with Crippen LogP contribution in [0.5, 0.6) is 0 Å². The molecule has 0 fully saturated rings. The number of rotatable bonds is 7. The van der Waals surface area contributed by atoms with Crippen molar-refractivity contribution in [2.75, 3.05) is 8.61 Å². The molecule has 0 atom stereocenters. The minimum absolute atomic E-state index is 0.572. The highest BCUT2D eigenvalue weighted by atomic mass is 35.5. The molecule has 2 aromatic rings. The third kappa shape index (κ3) is 4.60. The quantitative estimate of drug-likeness (QED) is 0.352. The van der Waals surface area contributed by atoms with E-state index < -0.39 is 0 Å². The molecule has 0 saturated carbocycles. The van der Waals surface area contributed by atoms with Gasteiger partial charge in [-0.2, -0.15) is 0 Å². The zero-order valence-corrected chi connectivity index (χ0v) is 16.0. The Hall–Kier alpha value is -1.34. The molecule has 0 aliphatic heterocycles. The molecular formula is C16H14Cl2N2O2S2. The van der Waals surface area contributed by atoms with Gasteiger partial charge in [0, 0.05) is 10.0 Å². The van der Waals surface area contributed by atoms with E-state index in [1.165, 1.54) is 8.61 Å². The number of hydrogen-bond donors (Lipinski definition) is 0. The maximum Gasteiger partial charge on any atom is 0.224 e. The van der Waals surface area contributed by atoms with Crippen molar-refractivity contribution in [2.45, 2.75) is 13.8 Å². The summed E-state index contributed by atoms with van der Waals surface area (Å²) in [5, 5.41) is 1.14. The van der Waals surface area contributed by atoms with Crippen LogP contribution in [0.2, 0.25) is 10.0 Å². The molecular weight excluding hydrogens is 387 g/mol. The first kappa shape index (κ1) is 19.0. The van der Waals surface area contributed by atoms with Gasteiger partial charge in [-0.1, -0.05) is 35.3 Å². The van der Waals surface area contributed by atoms with Crippen LogP contribution < -0.4 is 8.61 Å². The summed E-state index contributed by atoms with van der Waals surface area (Å²) in [6.07, 6.45) is 1.34. The second-order valence-corrected chi connectivity index (χ2v) is 7.67. The molecule has 0 heterocycles. The predicted octanol–water partition coefficient (Wildman–Crippen LogP) is 5.45. The van der Waals surface area contributed by atoms with Crippen molar-refractivity contribution < 1.29 is 9.59 Å². The van der Waals surface area contributed by atoms with E-state index in [0.717, 1.165) is 33.1 Å². The average molecular weight is 401 g/mol. The van der Waals surface area contributed by atoms with Crippen LogP contribution in [-0.2, 0) is 9.59 Å². The standard InChI is InChI=1S/C16H14Cl2N2O2S2/c1-11-3-5-13(7-15(11)17)19(9-21)23-24-20(10-22)14-6-4-12(2)16(18)8-14/h3-10H,1-2H3. The maximum atomic E-state index is 11.4. The Morgan fingerprint density at radius 1 is 0.792 bits per heavy atom. The molecule has 8 heteroatoms. The molecule has 0 aromatic heterocycles. The van der Waals surface area contributed by atoms with Gasteiger partial charge in [-0.05, 0) is 49.2 Å². The Bertz CT molecular complexity index is 695. The summed E-state index contributed by atoms with van der Waals surface area (Å²) in [6, 6.07) is 10.6. The Labute approximate surface area is 158 Å². The molecule has 2 aromatic carbocycles. The zero-order chi connectivity index (χ0) is 17.7. The molecule has 2 rings (SSSR count). The summed E-state index contributed by atoms with van der Waals surface area (Å²) in [5.41, 5.74) is 3.11. The lowest BCUT2D eigenvalue weighted by Crippen LogP contribution is -2.15. The minimum Gasteiger partial charge on any atom is -0.277 e. The maximum absolute atomic E-state index is 11.4. The largest absolute Gasteiger partial charge is 0.277 e. The van der Waals surface area contributed by atoms with Gasteiger partial charge < -0.3 is 0 Å². The predicted molar refractivity (Wildman–Crippen MR) is 105 cm³/mol. The van der Waals surface area contributed by atoms with Gasteiger partial charge in [0.1, 0.15) is 0 Å². The summed E-state index contributed by atoms with van der Waals surface area (Å²) in [6.45, 7) is 3.77. The van der Waals surface area contributed by atoms with E-state index >= 15 is 0 Å². The molecule has 0 aliphatic rings. The summed E-state index contributed by atoms with van der Waals surface area (Å²) < 4.78 is 2.78. The van der Waals surface area contributed by atoms with Gasteiger partial charge >= 0.3 is 0 Å². The Morgan fingerprint density at radius 3 is 1.46 bits per heavy atom. The van der Waals surface area contributed by atoms with E-state index in [1.807, 2.05) is 26.0 Å². The van der Waals surface area contributed by atoms with E-state index in [0.29, 0.717) is 34.2 Å². The first-order valence-electron chi connectivity index (χ1n) is 6.82. The fourth-order valence-corrected chi connectivity index (χ4v) is 3.87. The van der Waals surface area contributed by atoms with Gasteiger partial charge in [-0.25, -0.2) is 8.61 Å². The first-order chi connectivity index (χ1) is 11.5. The summed E-state index contributed by atoms with van der Waals surface area (Å²) in [7, 11) is 2.20. The fourth-order valence-electron chi connectivity index (χ4n) is 1.75. The molecule has 126 valence electrons. The topological polar surface area (TPSA) is 40.6 Å². The highest BCUT2D eigenvalue weighted by molar-refractivity contribution is 8.78. The lowest BCUT2D eigenvalue weighted by Gasteiger charge is -2.20. The summed E-state index contributed by atoms with van der Waals surface area (Å²) in [4.78, 5) is 22.7. The lowest BCUT2D eigenvalue weighted by atomic mass is 10.2. The molecule has 0 aliphatic carbocycles. The van der Waals surface area contributed by atoms with Crippen LogP contribution >= 0.6 is 45.2 Å². The van der Waals surface area contributed by atoms with Crippen molar-refractivity contribution in [3.05, 3.63) is 57.6 Å². The molecule has 0 radical (unpaired) electrons. The number of aryl methyl sites for hydroxylation is 2. The summed E-state index contributed by atoms with van der Waals surface area (Å²) >= 11 is 12.2. The highest BCUT2D eigenvalue weighted by Crippen LogP contribution is 2.37. The Morgan fingerprint density at radius 2 is 1.17 bits per heavy atom. The van der Waals surface area contributed by atoms with Crippen LogP contribution in [0.3, 0.4) is 0 Å². The van der Waals surface area contributed by atoms with Gasteiger partial charge in [-0.3, -0.25) is 9.59 Å². The van der Waals surface area contributed by atoms with E-state index in [1.54, 1.807) is 24.3 Å². The molecule has 0 spiro atoms. The van der Waals surface area contributed by atoms with Crippen LogP contribution in [0.1, 0.15) is 11.1 Å². The van der Waals surface area contributed by atoms with Crippen LogP contribution in [-0.4, -0.2) is 12.8 Å². The SMILES string of the molecule is Cc1ccc(N(C=O)SSN(C=O)c2ccc(C)c(Cl)c2)cc1Cl. The van der Waals surface area contributed by atoms with E-state index in [-0.39, 0.29) is 0 Å². The second kappa shape index (κ2) is 8.67. The van der Waals surface area contributed by atoms with Gasteiger partial charge in [0.25, 0.3) is 0 Å². The number of hydrogen-bond acceptors (Lipinski definition) is 4. The minimum atomic E-state index is 0.572. The van der Waals surface area contributed by atoms with Crippen molar-refractivity contribution in [3.8, 4) is 0 Å². The number of amides is 2. The highest BCUT2D eigenvalue weighted by Gasteiger charge is 2.14.